The van der Waals surface area contributed by atoms with Gasteiger partial charge >= 0.3 is 0 Å². The van der Waals surface area contributed by atoms with Gasteiger partial charge in [-0.15, -0.1) is 0 Å². The normalized spacial score (nSPS) is 10.3. The molecule has 7 heteroatoms. The molecule has 2 aromatic rings. The van der Waals surface area contributed by atoms with Crippen molar-refractivity contribution in [2.24, 2.45) is 0 Å². The molecule has 0 fully saturated rings. The summed E-state index contributed by atoms with van der Waals surface area (Å²) in [5.74, 6) is -3.61. The third kappa shape index (κ3) is 3.20. The van der Waals surface area contributed by atoms with Crippen LogP contribution in [0.25, 0.3) is 0 Å². The van der Waals surface area contributed by atoms with E-state index in [1.165, 1.54) is 18.2 Å². The Morgan fingerprint density at radius 3 is 2.27 bits per heavy atom. The van der Waals surface area contributed by atoms with E-state index in [2.05, 4.69) is 0 Å². The van der Waals surface area contributed by atoms with Gasteiger partial charge in [-0.1, -0.05) is 12.1 Å². The van der Waals surface area contributed by atoms with Crippen molar-refractivity contribution in [2.45, 2.75) is 6.42 Å². The molecular formula is C15H9F2NO4. The number of hydrogen-bond acceptors (Lipinski definition) is 4. The molecule has 0 spiro atoms. The predicted molar refractivity (Wildman–Crippen MR) is 72.7 cm³/mol. The second kappa shape index (κ2) is 6.21. The monoisotopic (exact) mass is 305 g/mol. The Balaban J connectivity index is 2.26. The highest BCUT2D eigenvalue weighted by Crippen LogP contribution is 2.21. The van der Waals surface area contributed by atoms with Crippen LogP contribution < -0.4 is 0 Å². The maximum absolute atomic E-state index is 13.5. The maximum atomic E-state index is 13.5. The van der Waals surface area contributed by atoms with Crippen molar-refractivity contribution in [2.75, 3.05) is 0 Å². The Morgan fingerprint density at radius 1 is 1.00 bits per heavy atom. The number of hydrogen-bond donors (Lipinski definition) is 0. The first-order valence-electron chi connectivity index (χ1n) is 6.15. The summed E-state index contributed by atoms with van der Waals surface area (Å²) in [6.45, 7) is 0. The van der Waals surface area contributed by atoms with Crippen molar-refractivity contribution >= 4 is 17.3 Å². The molecule has 112 valence electrons. The fourth-order valence-corrected chi connectivity index (χ4v) is 1.92. The number of nitro groups is 1. The topological polar surface area (TPSA) is 77.3 Å². The summed E-state index contributed by atoms with van der Waals surface area (Å²) in [6.07, 6.45) is -0.743. The zero-order valence-electron chi connectivity index (χ0n) is 11.1. The Hall–Kier alpha value is -2.96. The molecule has 0 aromatic heterocycles. The summed E-state index contributed by atoms with van der Waals surface area (Å²) in [7, 11) is 0. The van der Waals surface area contributed by atoms with Crippen molar-refractivity contribution in [1.29, 1.82) is 0 Å². The zero-order valence-corrected chi connectivity index (χ0v) is 11.1. The molecule has 0 N–H and O–H groups in total. The molecule has 0 saturated carbocycles. The number of halogens is 2. The highest BCUT2D eigenvalue weighted by atomic mass is 19.1. The van der Waals surface area contributed by atoms with Gasteiger partial charge in [0.15, 0.2) is 11.6 Å². The lowest BCUT2D eigenvalue weighted by Crippen LogP contribution is -2.12. The molecule has 0 unspecified atom stereocenters. The van der Waals surface area contributed by atoms with Gasteiger partial charge in [0, 0.05) is 12.1 Å². The molecule has 0 amide bonds. The second-order valence-corrected chi connectivity index (χ2v) is 4.42. The van der Waals surface area contributed by atoms with Gasteiger partial charge in [-0.2, -0.15) is 0 Å². The van der Waals surface area contributed by atoms with Gasteiger partial charge in [-0.3, -0.25) is 19.7 Å². The third-order valence-electron chi connectivity index (χ3n) is 2.95. The van der Waals surface area contributed by atoms with Crippen LogP contribution >= 0.6 is 0 Å². The lowest BCUT2D eigenvalue weighted by Gasteiger charge is -2.03. The number of carbonyl (C=O) groups excluding carboxylic acids is 2. The van der Waals surface area contributed by atoms with Gasteiger partial charge in [0.05, 0.1) is 22.5 Å². The number of benzene rings is 2. The Labute approximate surface area is 123 Å². The Bertz CT molecular complexity index is 774. The first-order valence-corrected chi connectivity index (χ1v) is 6.15. The highest BCUT2D eigenvalue weighted by molar-refractivity contribution is 6.14. The van der Waals surface area contributed by atoms with Gasteiger partial charge < -0.3 is 0 Å². The molecule has 0 atom stereocenters. The molecule has 2 aromatic carbocycles. The van der Waals surface area contributed by atoms with E-state index in [0.29, 0.717) is 6.07 Å². The number of carbonyl (C=O) groups is 2. The molecule has 22 heavy (non-hydrogen) atoms. The van der Waals surface area contributed by atoms with Crippen molar-refractivity contribution < 1.29 is 23.3 Å². The number of rotatable bonds is 5. The molecule has 2 rings (SSSR count). The van der Waals surface area contributed by atoms with Crippen LogP contribution in [-0.2, 0) is 0 Å². The zero-order chi connectivity index (χ0) is 16.3. The molecule has 5 nitrogen and oxygen atoms in total. The summed E-state index contributed by atoms with van der Waals surface area (Å²) >= 11 is 0. The van der Waals surface area contributed by atoms with E-state index in [9.17, 15) is 28.5 Å². The maximum Gasteiger partial charge on any atom is 0.280 e. The first-order chi connectivity index (χ1) is 10.4. The summed E-state index contributed by atoms with van der Waals surface area (Å²) < 4.78 is 26.3. The van der Waals surface area contributed by atoms with Gasteiger partial charge in [0.2, 0.25) is 0 Å². The van der Waals surface area contributed by atoms with Crippen molar-refractivity contribution in [3.05, 3.63) is 75.3 Å². The summed E-state index contributed by atoms with van der Waals surface area (Å²) in [6, 6.07) is 7.51. The minimum Gasteiger partial charge on any atom is -0.294 e. The van der Waals surface area contributed by atoms with Crippen molar-refractivity contribution in [3.8, 4) is 0 Å². The van der Waals surface area contributed by atoms with Gasteiger partial charge in [0.1, 0.15) is 11.6 Å². The minimum absolute atomic E-state index is 0.233. The van der Waals surface area contributed by atoms with E-state index in [1.54, 1.807) is 0 Å². The fraction of sp³-hybridized carbons (Fsp3) is 0.0667. The largest absolute Gasteiger partial charge is 0.294 e. The summed E-state index contributed by atoms with van der Waals surface area (Å²) in [5.41, 5.74) is -1.10. The van der Waals surface area contributed by atoms with Crippen molar-refractivity contribution in [1.82, 2.24) is 0 Å². The standard InChI is InChI=1S/C15H9F2NO4/c16-9-5-6-10(12(17)7-9)14(19)8-15(20)11-3-1-2-4-13(11)18(21)22/h1-7H,8H2. The molecule has 0 aliphatic rings. The molecule has 0 bridgehead atoms. The molecule has 0 saturated heterocycles. The van der Waals surface area contributed by atoms with E-state index < -0.39 is 45.8 Å². The number of Topliss-reactive ketones (excluding diaryl/α,β-unsaturated/α-hetero) is 2. The number of ketones is 2. The number of nitro benzene ring substituents is 1. The van der Waals surface area contributed by atoms with Gasteiger partial charge in [-0.25, -0.2) is 8.78 Å². The number of para-hydroxylation sites is 1. The Morgan fingerprint density at radius 2 is 1.64 bits per heavy atom. The molecule has 0 aliphatic carbocycles. The Kier molecular flexibility index (Phi) is 4.36. The van der Waals surface area contributed by atoms with E-state index in [1.807, 2.05) is 0 Å². The van der Waals surface area contributed by atoms with E-state index >= 15 is 0 Å². The van der Waals surface area contributed by atoms with Gasteiger partial charge in [0.25, 0.3) is 5.69 Å². The quantitative estimate of drug-likeness (QED) is 0.367. The van der Waals surface area contributed by atoms with Crippen LogP contribution in [0.3, 0.4) is 0 Å². The van der Waals surface area contributed by atoms with Crippen LogP contribution in [0.2, 0.25) is 0 Å². The van der Waals surface area contributed by atoms with Crippen LogP contribution in [0.4, 0.5) is 14.5 Å². The molecular weight excluding hydrogens is 296 g/mol. The average Bonchev–Trinajstić information content (AvgIpc) is 2.46. The molecule has 0 radical (unpaired) electrons. The third-order valence-corrected chi connectivity index (χ3v) is 2.95. The fourth-order valence-electron chi connectivity index (χ4n) is 1.92. The van der Waals surface area contributed by atoms with Crippen LogP contribution in [0, 0.1) is 21.7 Å². The van der Waals surface area contributed by atoms with Crippen LogP contribution in [0.15, 0.2) is 42.5 Å². The van der Waals surface area contributed by atoms with Gasteiger partial charge in [-0.05, 0) is 18.2 Å². The van der Waals surface area contributed by atoms with E-state index in [0.717, 1.165) is 18.2 Å². The highest BCUT2D eigenvalue weighted by Gasteiger charge is 2.23. The summed E-state index contributed by atoms with van der Waals surface area (Å²) in [4.78, 5) is 34.0. The lowest BCUT2D eigenvalue weighted by atomic mass is 10.00. The summed E-state index contributed by atoms with van der Waals surface area (Å²) in [5, 5.41) is 10.8. The molecule has 0 aliphatic heterocycles. The van der Waals surface area contributed by atoms with Crippen LogP contribution in [0.5, 0.6) is 0 Å². The lowest BCUT2D eigenvalue weighted by molar-refractivity contribution is -0.385. The van der Waals surface area contributed by atoms with E-state index in [-0.39, 0.29) is 5.56 Å². The first kappa shape index (κ1) is 15.4. The minimum atomic E-state index is -1.08. The van der Waals surface area contributed by atoms with Crippen LogP contribution in [-0.4, -0.2) is 16.5 Å². The molecule has 0 heterocycles. The smallest absolute Gasteiger partial charge is 0.280 e. The second-order valence-electron chi connectivity index (χ2n) is 4.42. The predicted octanol–water partition coefficient (Wildman–Crippen LogP) is 3.33. The van der Waals surface area contributed by atoms with Crippen LogP contribution in [0.1, 0.15) is 27.1 Å². The van der Waals surface area contributed by atoms with E-state index in [4.69, 9.17) is 0 Å². The van der Waals surface area contributed by atoms with Crippen molar-refractivity contribution in [3.63, 3.8) is 0 Å². The SMILES string of the molecule is O=C(CC(=O)c1ccccc1[N+](=O)[O-])c1ccc(F)cc1F. The number of nitrogens with zero attached hydrogens (tertiary/aromatic N) is 1. The average molecular weight is 305 g/mol.